The predicted molar refractivity (Wildman–Crippen MR) is 76.7 cm³/mol. The zero-order valence-electron chi connectivity index (χ0n) is 11.9. The molecule has 0 aromatic heterocycles. The summed E-state index contributed by atoms with van der Waals surface area (Å²) >= 11 is 0. The molecule has 1 unspecified atom stereocenters. The molecule has 19 heavy (non-hydrogen) atoms. The molecule has 1 aromatic rings. The standard InChI is InChI=1S/C15H25FN2O/c1-3-6-19-15-5-4-14(16)8-12(15)7-11(2)13(9-17)10-18/h4-5,8,11,13H,3,6-7,9-10,17-18H2,1-2H3. The molecule has 1 rings (SSSR count). The maximum atomic E-state index is 13.4. The third kappa shape index (κ3) is 4.80. The van der Waals surface area contributed by atoms with E-state index in [1.807, 2.05) is 6.92 Å². The summed E-state index contributed by atoms with van der Waals surface area (Å²) in [6.45, 7) is 5.89. The van der Waals surface area contributed by atoms with E-state index in [9.17, 15) is 4.39 Å². The Balaban J connectivity index is 2.82. The molecule has 0 aliphatic rings. The topological polar surface area (TPSA) is 61.3 Å². The number of halogens is 1. The van der Waals surface area contributed by atoms with Crippen molar-refractivity contribution >= 4 is 0 Å². The lowest BCUT2D eigenvalue weighted by molar-refractivity contribution is 0.307. The highest BCUT2D eigenvalue weighted by Gasteiger charge is 2.17. The second-order valence-corrected chi connectivity index (χ2v) is 5.01. The van der Waals surface area contributed by atoms with Crippen molar-refractivity contribution in [3.8, 4) is 5.75 Å². The molecule has 0 spiro atoms. The quantitative estimate of drug-likeness (QED) is 0.760. The van der Waals surface area contributed by atoms with E-state index in [1.165, 1.54) is 6.07 Å². The second-order valence-electron chi connectivity index (χ2n) is 5.01. The van der Waals surface area contributed by atoms with Gasteiger partial charge in [-0.15, -0.1) is 0 Å². The maximum Gasteiger partial charge on any atom is 0.123 e. The summed E-state index contributed by atoms with van der Waals surface area (Å²) in [4.78, 5) is 0. The fraction of sp³-hybridized carbons (Fsp3) is 0.600. The normalized spacial score (nSPS) is 12.7. The zero-order valence-corrected chi connectivity index (χ0v) is 11.9. The lowest BCUT2D eigenvalue weighted by Gasteiger charge is -2.22. The molecule has 0 amide bonds. The minimum absolute atomic E-state index is 0.233. The van der Waals surface area contributed by atoms with Gasteiger partial charge in [0, 0.05) is 0 Å². The third-order valence-corrected chi connectivity index (χ3v) is 3.44. The molecule has 4 N–H and O–H groups in total. The summed E-state index contributed by atoms with van der Waals surface area (Å²) < 4.78 is 19.0. The molecule has 0 heterocycles. The summed E-state index contributed by atoms with van der Waals surface area (Å²) in [5.74, 6) is 1.09. The molecule has 0 aliphatic carbocycles. The van der Waals surface area contributed by atoms with Gasteiger partial charge in [0.2, 0.25) is 0 Å². The van der Waals surface area contributed by atoms with Crippen LogP contribution in [0.3, 0.4) is 0 Å². The van der Waals surface area contributed by atoms with Gasteiger partial charge in [0.25, 0.3) is 0 Å². The van der Waals surface area contributed by atoms with Crippen molar-refractivity contribution in [1.82, 2.24) is 0 Å². The van der Waals surface area contributed by atoms with Crippen LogP contribution in [-0.4, -0.2) is 19.7 Å². The molecule has 0 saturated carbocycles. The van der Waals surface area contributed by atoms with Crippen LogP contribution in [0.15, 0.2) is 18.2 Å². The smallest absolute Gasteiger partial charge is 0.123 e. The van der Waals surface area contributed by atoms with Gasteiger partial charge >= 0.3 is 0 Å². The van der Waals surface area contributed by atoms with Gasteiger partial charge in [-0.2, -0.15) is 0 Å². The number of hydrogen-bond acceptors (Lipinski definition) is 3. The number of rotatable bonds is 8. The van der Waals surface area contributed by atoms with Crippen LogP contribution in [0, 0.1) is 17.7 Å². The summed E-state index contributed by atoms with van der Waals surface area (Å²) in [5, 5.41) is 0. The lowest BCUT2D eigenvalue weighted by Crippen LogP contribution is -2.30. The van der Waals surface area contributed by atoms with Gasteiger partial charge < -0.3 is 16.2 Å². The van der Waals surface area contributed by atoms with E-state index in [0.29, 0.717) is 25.6 Å². The van der Waals surface area contributed by atoms with Crippen molar-refractivity contribution in [2.75, 3.05) is 19.7 Å². The van der Waals surface area contributed by atoms with Crippen LogP contribution in [0.5, 0.6) is 5.75 Å². The fourth-order valence-corrected chi connectivity index (χ4v) is 2.13. The van der Waals surface area contributed by atoms with Crippen molar-refractivity contribution in [1.29, 1.82) is 0 Å². The first-order valence-corrected chi connectivity index (χ1v) is 6.93. The average molecular weight is 268 g/mol. The van der Waals surface area contributed by atoms with Crippen molar-refractivity contribution in [3.05, 3.63) is 29.6 Å². The van der Waals surface area contributed by atoms with Crippen molar-refractivity contribution in [2.24, 2.45) is 23.3 Å². The lowest BCUT2D eigenvalue weighted by atomic mass is 9.88. The van der Waals surface area contributed by atoms with Gasteiger partial charge in [0.15, 0.2) is 0 Å². The zero-order chi connectivity index (χ0) is 14.3. The number of nitrogens with two attached hydrogens (primary N) is 2. The Labute approximate surface area is 115 Å². The maximum absolute atomic E-state index is 13.4. The number of benzene rings is 1. The van der Waals surface area contributed by atoms with Crippen LogP contribution in [0.1, 0.15) is 25.8 Å². The first-order valence-electron chi connectivity index (χ1n) is 6.93. The summed E-state index contributed by atoms with van der Waals surface area (Å²) in [7, 11) is 0. The molecule has 0 fully saturated rings. The molecule has 108 valence electrons. The molecule has 3 nitrogen and oxygen atoms in total. The van der Waals surface area contributed by atoms with Gasteiger partial charge in [-0.3, -0.25) is 0 Å². The Kier molecular flexibility index (Phi) is 6.81. The Bertz CT molecular complexity index is 380. The molecule has 0 bridgehead atoms. The Morgan fingerprint density at radius 3 is 2.53 bits per heavy atom. The molecule has 0 aliphatic heterocycles. The van der Waals surface area contributed by atoms with E-state index >= 15 is 0 Å². The summed E-state index contributed by atoms with van der Waals surface area (Å²) in [5.41, 5.74) is 12.3. The van der Waals surface area contributed by atoms with E-state index in [1.54, 1.807) is 12.1 Å². The second kappa shape index (κ2) is 8.12. The van der Waals surface area contributed by atoms with Crippen LogP contribution in [0.2, 0.25) is 0 Å². The highest BCUT2D eigenvalue weighted by atomic mass is 19.1. The number of ether oxygens (including phenoxy) is 1. The van der Waals surface area contributed by atoms with Gasteiger partial charge in [-0.1, -0.05) is 13.8 Å². The van der Waals surface area contributed by atoms with Crippen molar-refractivity contribution in [2.45, 2.75) is 26.7 Å². The van der Waals surface area contributed by atoms with E-state index in [-0.39, 0.29) is 11.7 Å². The molecule has 1 atom stereocenters. The summed E-state index contributed by atoms with van der Waals surface area (Å²) in [6.07, 6.45) is 1.66. The van der Waals surface area contributed by atoms with Crippen LogP contribution >= 0.6 is 0 Å². The molecular formula is C15H25FN2O. The van der Waals surface area contributed by atoms with E-state index in [2.05, 4.69) is 6.92 Å². The van der Waals surface area contributed by atoms with Crippen LogP contribution < -0.4 is 16.2 Å². The van der Waals surface area contributed by atoms with Crippen LogP contribution in [-0.2, 0) is 6.42 Å². The monoisotopic (exact) mass is 268 g/mol. The Morgan fingerprint density at radius 1 is 1.26 bits per heavy atom. The third-order valence-electron chi connectivity index (χ3n) is 3.44. The van der Waals surface area contributed by atoms with Crippen molar-refractivity contribution < 1.29 is 9.13 Å². The molecule has 1 aromatic carbocycles. The molecule has 0 radical (unpaired) electrons. The fourth-order valence-electron chi connectivity index (χ4n) is 2.13. The van der Waals surface area contributed by atoms with E-state index in [4.69, 9.17) is 16.2 Å². The molecule has 0 saturated heterocycles. The first-order chi connectivity index (χ1) is 9.12. The molecule has 4 heteroatoms. The van der Waals surface area contributed by atoms with E-state index < -0.39 is 0 Å². The largest absolute Gasteiger partial charge is 0.493 e. The predicted octanol–water partition coefficient (Wildman–Crippen LogP) is 2.33. The van der Waals surface area contributed by atoms with Gasteiger partial charge in [0.05, 0.1) is 6.61 Å². The van der Waals surface area contributed by atoms with Gasteiger partial charge in [-0.05, 0) is 61.5 Å². The number of hydrogen-bond donors (Lipinski definition) is 2. The van der Waals surface area contributed by atoms with Crippen LogP contribution in [0.25, 0.3) is 0 Å². The highest BCUT2D eigenvalue weighted by molar-refractivity contribution is 5.34. The van der Waals surface area contributed by atoms with Gasteiger partial charge in [-0.25, -0.2) is 4.39 Å². The Morgan fingerprint density at radius 2 is 1.95 bits per heavy atom. The highest BCUT2D eigenvalue weighted by Crippen LogP contribution is 2.25. The first kappa shape index (κ1) is 15.9. The van der Waals surface area contributed by atoms with Crippen LogP contribution in [0.4, 0.5) is 4.39 Å². The minimum atomic E-state index is -0.233. The van der Waals surface area contributed by atoms with Gasteiger partial charge in [0.1, 0.15) is 11.6 Å². The summed E-state index contributed by atoms with van der Waals surface area (Å²) in [6, 6.07) is 4.68. The average Bonchev–Trinajstić information content (AvgIpc) is 2.39. The van der Waals surface area contributed by atoms with Crippen molar-refractivity contribution in [3.63, 3.8) is 0 Å². The SMILES string of the molecule is CCCOc1ccc(F)cc1CC(C)C(CN)CN. The Hall–Kier alpha value is -1.13. The molecular weight excluding hydrogens is 243 g/mol. The van der Waals surface area contributed by atoms with E-state index in [0.717, 1.165) is 24.2 Å². The minimum Gasteiger partial charge on any atom is -0.493 e.